The van der Waals surface area contributed by atoms with Crippen LogP contribution in [0.5, 0.6) is 0 Å². The first-order valence-corrected chi connectivity index (χ1v) is 18.9. The standard InChI is InChI=1S/C49H34N4O2/c1-2-3-13-30-24-27-42-39(28-30)36-26-25-35-34-18-7-9-21-40(34)53(45(35)46(36)55-42)33-17-11-16-32(29-33)48-50-47(31-14-5-4-6-15-31)51-49(52-48)38-20-12-23-43-44(38)37-19-8-10-22-41(37)54-43/h4-12,14-29H,2-3,13H2,1H3. The molecule has 262 valence electrons. The third-order valence-electron chi connectivity index (χ3n) is 10.8. The maximum atomic E-state index is 6.76. The summed E-state index contributed by atoms with van der Waals surface area (Å²) < 4.78 is 15.3. The lowest BCUT2D eigenvalue weighted by Crippen LogP contribution is -2.01. The molecule has 0 fully saturated rings. The maximum absolute atomic E-state index is 6.76. The Labute approximate surface area is 316 Å². The second-order valence-corrected chi connectivity index (χ2v) is 14.2. The van der Waals surface area contributed by atoms with Crippen molar-refractivity contribution in [3.8, 4) is 39.9 Å². The van der Waals surface area contributed by atoms with Crippen LogP contribution in [0.4, 0.5) is 0 Å². The molecule has 55 heavy (non-hydrogen) atoms. The van der Waals surface area contributed by atoms with E-state index in [2.05, 4.69) is 102 Å². The van der Waals surface area contributed by atoms with E-state index in [-0.39, 0.29) is 0 Å². The lowest BCUT2D eigenvalue weighted by Gasteiger charge is -2.12. The van der Waals surface area contributed by atoms with Crippen LogP contribution in [0.25, 0.3) is 106 Å². The van der Waals surface area contributed by atoms with Crippen molar-refractivity contribution >= 4 is 65.7 Å². The van der Waals surface area contributed by atoms with Crippen LogP contribution < -0.4 is 0 Å². The number of furan rings is 2. The molecule has 0 saturated heterocycles. The summed E-state index contributed by atoms with van der Waals surface area (Å²) in [5.41, 5.74) is 10.6. The minimum Gasteiger partial charge on any atom is -0.456 e. The lowest BCUT2D eigenvalue weighted by atomic mass is 10.0. The zero-order valence-corrected chi connectivity index (χ0v) is 30.2. The van der Waals surface area contributed by atoms with Crippen molar-refractivity contribution in [3.63, 3.8) is 0 Å². The Morgan fingerprint density at radius 3 is 2.11 bits per heavy atom. The number of aromatic nitrogens is 4. The molecule has 0 spiro atoms. The van der Waals surface area contributed by atoms with Crippen molar-refractivity contribution in [1.82, 2.24) is 19.5 Å². The van der Waals surface area contributed by atoms with Crippen molar-refractivity contribution in [2.24, 2.45) is 0 Å². The largest absolute Gasteiger partial charge is 0.456 e. The van der Waals surface area contributed by atoms with Crippen LogP contribution in [0.15, 0.2) is 160 Å². The van der Waals surface area contributed by atoms with Gasteiger partial charge >= 0.3 is 0 Å². The van der Waals surface area contributed by atoms with E-state index in [9.17, 15) is 0 Å². The van der Waals surface area contributed by atoms with E-state index in [0.29, 0.717) is 17.5 Å². The summed E-state index contributed by atoms with van der Waals surface area (Å²) in [7, 11) is 0. The van der Waals surface area contributed by atoms with Gasteiger partial charge in [0.15, 0.2) is 23.1 Å². The normalized spacial score (nSPS) is 11.9. The quantitative estimate of drug-likeness (QED) is 0.165. The van der Waals surface area contributed by atoms with Gasteiger partial charge in [-0.1, -0.05) is 116 Å². The zero-order chi connectivity index (χ0) is 36.5. The molecular formula is C49H34N4O2. The van der Waals surface area contributed by atoms with Crippen molar-refractivity contribution in [3.05, 3.63) is 157 Å². The van der Waals surface area contributed by atoms with E-state index in [4.69, 9.17) is 23.8 Å². The molecule has 0 saturated carbocycles. The van der Waals surface area contributed by atoms with Gasteiger partial charge < -0.3 is 13.4 Å². The molecule has 0 N–H and O–H groups in total. The van der Waals surface area contributed by atoms with Gasteiger partial charge in [-0.15, -0.1) is 0 Å². The summed E-state index contributed by atoms with van der Waals surface area (Å²) >= 11 is 0. The third-order valence-corrected chi connectivity index (χ3v) is 10.8. The van der Waals surface area contributed by atoms with Crippen molar-refractivity contribution in [2.75, 3.05) is 0 Å². The fraction of sp³-hybridized carbons (Fsp3) is 0.0816. The first-order chi connectivity index (χ1) is 27.2. The summed E-state index contributed by atoms with van der Waals surface area (Å²) in [4.78, 5) is 15.4. The highest BCUT2D eigenvalue weighted by molar-refractivity contribution is 6.21. The van der Waals surface area contributed by atoms with E-state index in [1.807, 2.05) is 60.7 Å². The van der Waals surface area contributed by atoms with Crippen molar-refractivity contribution in [1.29, 1.82) is 0 Å². The lowest BCUT2D eigenvalue weighted by molar-refractivity contribution is 0.669. The molecule has 11 rings (SSSR count). The Balaban J connectivity index is 1.14. The number of hydrogen-bond donors (Lipinski definition) is 0. The Morgan fingerprint density at radius 1 is 0.509 bits per heavy atom. The minimum absolute atomic E-state index is 0.588. The smallest absolute Gasteiger partial charge is 0.164 e. The molecule has 0 bridgehead atoms. The van der Waals surface area contributed by atoms with Crippen LogP contribution in [-0.4, -0.2) is 19.5 Å². The summed E-state index contributed by atoms with van der Waals surface area (Å²) in [6.45, 7) is 2.24. The average Bonchev–Trinajstić information content (AvgIpc) is 3.92. The van der Waals surface area contributed by atoms with E-state index >= 15 is 0 Å². The van der Waals surface area contributed by atoms with Crippen LogP contribution in [0.2, 0.25) is 0 Å². The fourth-order valence-electron chi connectivity index (χ4n) is 8.22. The second kappa shape index (κ2) is 12.5. The first kappa shape index (κ1) is 31.5. The maximum Gasteiger partial charge on any atom is 0.164 e. The summed E-state index contributed by atoms with van der Waals surface area (Å²) in [5, 5.41) is 6.61. The molecule has 0 aliphatic carbocycles. The molecular weight excluding hydrogens is 677 g/mol. The monoisotopic (exact) mass is 710 g/mol. The zero-order valence-electron chi connectivity index (χ0n) is 30.2. The topological polar surface area (TPSA) is 69.9 Å². The SMILES string of the molecule is CCCCc1ccc2oc3c(ccc4c5ccccc5n(-c5cccc(-c6nc(-c7ccccc7)nc(-c7cccc8oc9ccccc9c78)n6)c5)c43)c2c1. The number of fused-ring (bicyclic) bond motifs is 10. The molecule has 0 atom stereocenters. The van der Waals surface area contributed by atoms with Gasteiger partial charge in [0.2, 0.25) is 0 Å². The molecule has 0 aliphatic rings. The summed E-state index contributed by atoms with van der Waals surface area (Å²) in [6.07, 6.45) is 3.40. The molecule has 0 amide bonds. The summed E-state index contributed by atoms with van der Waals surface area (Å²) in [5.74, 6) is 1.78. The fourth-order valence-corrected chi connectivity index (χ4v) is 8.22. The predicted octanol–water partition coefficient (Wildman–Crippen LogP) is 13.1. The third kappa shape index (κ3) is 5.06. The molecule has 6 heteroatoms. The first-order valence-electron chi connectivity index (χ1n) is 18.9. The van der Waals surface area contributed by atoms with Gasteiger partial charge in [-0.2, -0.15) is 0 Å². The van der Waals surface area contributed by atoms with Gasteiger partial charge in [-0.3, -0.25) is 0 Å². The van der Waals surface area contributed by atoms with E-state index in [1.165, 1.54) is 23.8 Å². The molecule has 0 unspecified atom stereocenters. The van der Waals surface area contributed by atoms with Gasteiger partial charge in [0.05, 0.1) is 11.0 Å². The van der Waals surface area contributed by atoms with Gasteiger partial charge in [0, 0.05) is 54.7 Å². The highest BCUT2D eigenvalue weighted by Crippen LogP contribution is 2.41. The molecule has 4 heterocycles. The van der Waals surface area contributed by atoms with Crippen molar-refractivity contribution in [2.45, 2.75) is 26.2 Å². The van der Waals surface area contributed by atoms with Crippen LogP contribution in [0.1, 0.15) is 25.3 Å². The van der Waals surface area contributed by atoms with Gasteiger partial charge in [-0.25, -0.2) is 15.0 Å². The Hall–Kier alpha value is -7.05. The number of hydrogen-bond acceptors (Lipinski definition) is 5. The minimum atomic E-state index is 0.588. The van der Waals surface area contributed by atoms with Gasteiger partial charge in [0.25, 0.3) is 0 Å². The molecule has 4 aromatic heterocycles. The van der Waals surface area contributed by atoms with E-state index in [0.717, 1.165) is 89.1 Å². The average molecular weight is 711 g/mol. The van der Waals surface area contributed by atoms with Crippen LogP contribution in [0, 0.1) is 0 Å². The van der Waals surface area contributed by atoms with Gasteiger partial charge in [-0.05, 0) is 66.9 Å². The van der Waals surface area contributed by atoms with Crippen LogP contribution in [-0.2, 0) is 6.42 Å². The van der Waals surface area contributed by atoms with Crippen LogP contribution >= 0.6 is 0 Å². The number of nitrogens with zero attached hydrogens (tertiary/aromatic N) is 4. The number of unbranched alkanes of at least 4 members (excludes halogenated alkanes) is 1. The molecule has 7 aromatic carbocycles. The van der Waals surface area contributed by atoms with Gasteiger partial charge in [0.1, 0.15) is 16.7 Å². The Kier molecular flexibility index (Phi) is 7.17. The van der Waals surface area contributed by atoms with E-state index < -0.39 is 0 Å². The van der Waals surface area contributed by atoms with Crippen LogP contribution in [0.3, 0.4) is 0 Å². The highest BCUT2D eigenvalue weighted by atomic mass is 16.3. The summed E-state index contributed by atoms with van der Waals surface area (Å²) in [6, 6.07) is 52.5. The Bertz CT molecular complexity index is 3260. The number of aryl methyl sites for hydroxylation is 1. The Morgan fingerprint density at radius 2 is 1.22 bits per heavy atom. The number of benzene rings is 7. The molecule has 0 aliphatic heterocycles. The number of para-hydroxylation sites is 2. The highest BCUT2D eigenvalue weighted by Gasteiger charge is 2.21. The van der Waals surface area contributed by atoms with Crippen molar-refractivity contribution < 1.29 is 8.83 Å². The molecule has 0 radical (unpaired) electrons. The molecule has 6 nitrogen and oxygen atoms in total. The molecule has 11 aromatic rings. The van der Waals surface area contributed by atoms with E-state index in [1.54, 1.807) is 0 Å². The second-order valence-electron chi connectivity index (χ2n) is 14.2. The number of rotatable bonds is 7. The predicted molar refractivity (Wildman–Crippen MR) is 224 cm³/mol.